The summed E-state index contributed by atoms with van der Waals surface area (Å²) in [5.74, 6) is 0.200. The second kappa shape index (κ2) is 6.37. The first-order chi connectivity index (χ1) is 11.0. The van der Waals surface area contributed by atoms with Gasteiger partial charge in [0.1, 0.15) is 0 Å². The van der Waals surface area contributed by atoms with Crippen LogP contribution >= 0.6 is 23.4 Å². The van der Waals surface area contributed by atoms with E-state index in [9.17, 15) is 9.59 Å². The first-order valence-electron chi connectivity index (χ1n) is 7.22. The van der Waals surface area contributed by atoms with Crippen molar-refractivity contribution >= 4 is 35.0 Å². The lowest BCUT2D eigenvalue weighted by molar-refractivity contribution is -0.119. The normalized spacial score (nSPS) is 16.7. The van der Waals surface area contributed by atoms with E-state index in [1.807, 2.05) is 19.1 Å². The Kier molecular flexibility index (Phi) is 4.46. The van der Waals surface area contributed by atoms with Crippen molar-refractivity contribution in [2.24, 2.45) is 5.92 Å². The molecule has 1 aliphatic rings. The van der Waals surface area contributed by atoms with Gasteiger partial charge in [-0.3, -0.25) is 14.2 Å². The zero-order valence-corrected chi connectivity index (χ0v) is 14.4. The number of fused-ring (bicyclic) bond motifs is 1. The van der Waals surface area contributed by atoms with Crippen molar-refractivity contribution in [3.63, 3.8) is 0 Å². The molecule has 0 spiro atoms. The van der Waals surface area contributed by atoms with Crippen molar-refractivity contribution < 1.29 is 4.79 Å². The van der Waals surface area contributed by atoms with Gasteiger partial charge in [0.2, 0.25) is 5.91 Å². The van der Waals surface area contributed by atoms with Crippen LogP contribution < -0.4 is 10.9 Å². The molecule has 1 amide bonds. The highest BCUT2D eigenvalue weighted by Gasteiger charge is 2.27. The van der Waals surface area contributed by atoms with Gasteiger partial charge < -0.3 is 5.32 Å². The first kappa shape index (κ1) is 16.1. The van der Waals surface area contributed by atoms with Gasteiger partial charge in [0.05, 0.1) is 5.92 Å². The van der Waals surface area contributed by atoms with Crippen LogP contribution in [0, 0.1) is 19.8 Å². The lowest BCUT2D eigenvalue weighted by Gasteiger charge is -2.24. The number of aromatic nitrogens is 2. The lowest BCUT2D eigenvalue weighted by Crippen LogP contribution is -2.37. The molecule has 1 unspecified atom stereocenters. The molecule has 0 bridgehead atoms. The molecule has 5 nitrogen and oxygen atoms in total. The summed E-state index contributed by atoms with van der Waals surface area (Å²) in [5.41, 5.74) is 2.12. The van der Waals surface area contributed by atoms with Crippen molar-refractivity contribution in [1.29, 1.82) is 0 Å². The molecule has 1 aromatic heterocycles. The largest absolute Gasteiger partial charge is 0.326 e. The third-order valence-corrected chi connectivity index (χ3v) is 5.37. The molecule has 1 atom stereocenters. The predicted octanol–water partition coefficient (Wildman–Crippen LogP) is 2.87. The molecule has 1 aromatic carbocycles. The van der Waals surface area contributed by atoms with Crippen LogP contribution in [0.4, 0.5) is 5.69 Å². The highest BCUT2D eigenvalue weighted by atomic mass is 35.5. The maximum atomic E-state index is 12.5. The van der Waals surface area contributed by atoms with Gasteiger partial charge in [0.15, 0.2) is 5.16 Å². The van der Waals surface area contributed by atoms with Crippen molar-refractivity contribution in [3.8, 4) is 0 Å². The van der Waals surface area contributed by atoms with E-state index in [-0.39, 0.29) is 17.4 Å². The van der Waals surface area contributed by atoms with E-state index in [0.29, 0.717) is 33.7 Å². The number of thioether (sulfide) groups is 1. The van der Waals surface area contributed by atoms with Crippen molar-refractivity contribution in [2.75, 3.05) is 11.1 Å². The van der Waals surface area contributed by atoms with Crippen LogP contribution in [-0.4, -0.2) is 21.2 Å². The van der Waals surface area contributed by atoms with Crippen LogP contribution in [0.1, 0.15) is 11.1 Å². The Morgan fingerprint density at radius 3 is 2.91 bits per heavy atom. The average molecular weight is 350 g/mol. The third kappa shape index (κ3) is 3.28. The summed E-state index contributed by atoms with van der Waals surface area (Å²) in [6, 6.07) is 5.41. The van der Waals surface area contributed by atoms with Crippen molar-refractivity contribution in [2.45, 2.75) is 25.5 Å². The molecule has 23 heavy (non-hydrogen) atoms. The molecule has 120 valence electrons. The zero-order chi connectivity index (χ0) is 16.6. The third-order valence-electron chi connectivity index (χ3n) is 3.81. The Balaban J connectivity index is 1.77. The Hall–Kier alpha value is -1.79. The van der Waals surface area contributed by atoms with Gasteiger partial charge in [-0.1, -0.05) is 29.4 Å². The lowest BCUT2D eigenvalue weighted by atomic mass is 10.1. The smallest absolute Gasteiger partial charge is 0.257 e. The Bertz CT molecular complexity index is 835. The minimum atomic E-state index is -0.283. The molecule has 2 aromatic rings. The molecule has 3 rings (SSSR count). The zero-order valence-electron chi connectivity index (χ0n) is 12.8. The first-order valence-corrected chi connectivity index (χ1v) is 8.58. The summed E-state index contributed by atoms with van der Waals surface area (Å²) in [7, 11) is 0. The van der Waals surface area contributed by atoms with E-state index in [1.165, 1.54) is 11.8 Å². The Labute approximate surface area is 143 Å². The maximum absolute atomic E-state index is 12.5. The number of nitrogens with zero attached hydrogens (tertiary/aromatic N) is 2. The number of anilines is 1. The van der Waals surface area contributed by atoms with Gasteiger partial charge in [0.25, 0.3) is 5.56 Å². The fourth-order valence-electron chi connectivity index (χ4n) is 2.37. The molecule has 7 heteroatoms. The number of carbonyl (C=O) groups is 1. The van der Waals surface area contributed by atoms with Crippen LogP contribution in [0.15, 0.2) is 34.3 Å². The summed E-state index contributed by atoms with van der Waals surface area (Å²) >= 11 is 7.51. The van der Waals surface area contributed by atoms with Gasteiger partial charge in [-0.2, -0.15) is 0 Å². The maximum Gasteiger partial charge on any atom is 0.257 e. The van der Waals surface area contributed by atoms with E-state index >= 15 is 0 Å². The number of aryl methyl sites for hydroxylation is 2. The molecule has 1 aliphatic heterocycles. The number of benzene rings is 1. The molecule has 0 saturated heterocycles. The number of hydrogen-bond donors (Lipinski definition) is 1. The standard InChI is InChI=1S/C16H16ClN3O2S/c1-9-3-4-12(5-13(9)17)19-14(21)11-7-20-15(22)10(2)6-18-16(20)23-8-11/h3-6,11H,7-8H2,1-2H3,(H,19,21). The van der Waals surface area contributed by atoms with Crippen molar-refractivity contribution in [3.05, 3.63) is 50.9 Å². The monoisotopic (exact) mass is 349 g/mol. The molecule has 0 radical (unpaired) electrons. The summed E-state index contributed by atoms with van der Waals surface area (Å²) in [5, 5.41) is 4.15. The van der Waals surface area contributed by atoms with E-state index < -0.39 is 0 Å². The van der Waals surface area contributed by atoms with Gasteiger partial charge >= 0.3 is 0 Å². The second-order valence-electron chi connectivity index (χ2n) is 5.60. The number of carbonyl (C=O) groups excluding carboxylic acids is 1. The predicted molar refractivity (Wildman–Crippen MR) is 92.3 cm³/mol. The summed E-state index contributed by atoms with van der Waals surface area (Å²) in [6.07, 6.45) is 1.58. The second-order valence-corrected chi connectivity index (χ2v) is 7.00. The van der Waals surface area contributed by atoms with Crippen LogP contribution in [0.25, 0.3) is 0 Å². The summed E-state index contributed by atoms with van der Waals surface area (Å²) in [4.78, 5) is 28.9. The Morgan fingerprint density at radius 1 is 1.39 bits per heavy atom. The molecular weight excluding hydrogens is 334 g/mol. The topological polar surface area (TPSA) is 64.0 Å². The SMILES string of the molecule is Cc1ccc(NC(=O)C2CSc3ncc(C)c(=O)n3C2)cc1Cl. The number of amides is 1. The van der Waals surface area contributed by atoms with Gasteiger partial charge in [-0.15, -0.1) is 0 Å². The molecule has 0 fully saturated rings. The number of halogens is 1. The molecule has 0 saturated carbocycles. The van der Waals surface area contributed by atoms with Crippen LogP contribution in [-0.2, 0) is 11.3 Å². The van der Waals surface area contributed by atoms with Gasteiger partial charge in [0, 0.05) is 34.8 Å². The van der Waals surface area contributed by atoms with E-state index in [2.05, 4.69) is 10.3 Å². The van der Waals surface area contributed by atoms with E-state index in [1.54, 1.807) is 23.8 Å². The number of nitrogens with one attached hydrogen (secondary N) is 1. The van der Waals surface area contributed by atoms with Gasteiger partial charge in [-0.05, 0) is 31.5 Å². The molecule has 0 aliphatic carbocycles. The minimum Gasteiger partial charge on any atom is -0.326 e. The number of hydrogen-bond acceptors (Lipinski definition) is 4. The fourth-order valence-corrected chi connectivity index (χ4v) is 3.60. The summed E-state index contributed by atoms with van der Waals surface area (Å²) < 4.78 is 1.58. The molecule has 1 N–H and O–H groups in total. The van der Waals surface area contributed by atoms with Crippen LogP contribution in [0.3, 0.4) is 0 Å². The quantitative estimate of drug-likeness (QED) is 0.847. The Morgan fingerprint density at radius 2 is 2.17 bits per heavy atom. The van der Waals surface area contributed by atoms with Crippen LogP contribution in [0.5, 0.6) is 0 Å². The average Bonchev–Trinajstić information content (AvgIpc) is 2.54. The summed E-state index contributed by atoms with van der Waals surface area (Å²) in [6.45, 7) is 3.98. The highest BCUT2D eigenvalue weighted by Crippen LogP contribution is 2.26. The fraction of sp³-hybridized carbons (Fsp3) is 0.312. The van der Waals surface area contributed by atoms with Crippen molar-refractivity contribution in [1.82, 2.24) is 9.55 Å². The molecule has 2 heterocycles. The minimum absolute atomic E-state index is 0.0848. The van der Waals surface area contributed by atoms with E-state index in [0.717, 1.165) is 5.56 Å². The molecular formula is C16H16ClN3O2S. The highest BCUT2D eigenvalue weighted by molar-refractivity contribution is 7.99. The van der Waals surface area contributed by atoms with Crippen LogP contribution in [0.2, 0.25) is 5.02 Å². The van der Waals surface area contributed by atoms with Gasteiger partial charge in [-0.25, -0.2) is 4.98 Å². The van der Waals surface area contributed by atoms with E-state index in [4.69, 9.17) is 11.6 Å². The number of rotatable bonds is 2.